The zero-order valence-electron chi connectivity index (χ0n) is 11.2. The summed E-state index contributed by atoms with van der Waals surface area (Å²) in [5.41, 5.74) is 1.37. The summed E-state index contributed by atoms with van der Waals surface area (Å²) in [4.78, 5) is 4.27. The van der Waals surface area contributed by atoms with Crippen molar-refractivity contribution in [2.45, 2.75) is 10.8 Å². The first-order valence-electron chi connectivity index (χ1n) is 6.29. The fourth-order valence-corrected chi connectivity index (χ4v) is 4.96. The number of halogens is 1. The largest absolute Gasteiger partial charge is 0.463 e. The molecule has 3 rings (SSSR count). The molecule has 22 heavy (non-hydrogen) atoms. The molecule has 3 aromatic rings. The molecular formula is C14H11BrN2O3S2. The maximum atomic E-state index is 12.3. The number of sulfonamides is 1. The van der Waals surface area contributed by atoms with Crippen molar-refractivity contribution in [2.75, 3.05) is 0 Å². The average molecular weight is 399 g/mol. The van der Waals surface area contributed by atoms with E-state index in [0.29, 0.717) is 11.5 Å². The zero-order valence-corrected chi connectivity index (χ0v) is 14.4. The van der Waals surface area contributed by atoms with Crippen LogP contribution in [-0.2, 0) is 16.6 Å². The van der Waals surface area contributed by atoms with Gasteiger partial charge in [0.15, 0.2) is 5.76 Å². The Hall–Kier alpha value is -1.48. The van der Waals surface area contributed by atoms with Gasteiger partial charge in [0.25, 0.3) is 0 Å². The van der Waals surface area contributed by atoms with Crippen molar-refractivity contribution in [3.05, 3.63) is 58.2 Å². The average Bonchev–Trinajstić information content (AvgIpc) is 3.17. The van der Waals surface area contributed by atoms with Crippen LogP contribution in [0.5, 0.6) is 0 Å². The van der Waals surface area contributed by atoms with E-state index in [9.17, 15) is 8.42 Å². The van der Waals surface area contributed by atoms with Gasteiger partial charge < -0.3 is 4.42 Å². The molecule has 0 atom stereocenters. The second-order valence-electron chi connectivity index (χ2n) is 4.37. The number of hydrogen-bond acceptors (Lipinski definition) is 5. The molecule has 0 saturated carbocycles. The number of rotatable bonds is 5. The van der Waals surface area contributed by atoms with Gasteiger partial charge in [0.1, 0.15) is 9.90 Å². The lowest BCUT2D eigenvalue weighted by atomic mass is 10.1. The predicted molar refractivity (Wildman–Crippen MR) is 88.0 cm³/mol. The summed E-state index contributed by atoms with van der Waals surface area (Å²) >= 11 is 4.43. The molecule has 0 aliphatic rings. The van der Waals surface area contributed by atoms with Crippen LogP contribution in [0.15, 0.2) is 61.3 Å². The molecule has 0 unspecified atom stereocenters. The highest BCUT2D eigenvalue weighted by atomic mass is 79.9. The van der Waals surface area contributed by atoms with E-state index in [0.717, 1.165) is 20.7 Å². The fourth-order valence-electron chi connectivity index (χ4n) is 1.90. The summed E-state index contributed by atoms with van der Waals surface area (Å²) in [6.07, 6.45) is 3.20. The second kappa shape index (κ2) is 6.33. The lowest BCUT2D eigenvalue weighted by Crippen LogP contribution is -2.22. The summed E-state index contributed by atoms with van der Waals surface area (Å²) in [6, 6.07) is 10.4. The Bertz CT molecular complexity index is 873. The maximum absolute atomic E-state index is 12.3. The first-order valence-corrected chi connectivity index (χ1v) is 9.38. The van der Waals surface area contributed by atoms with E-state index in [1.54, 1.807) is 42.8 Å². The van der Waals surface area contributed by atoms with Crippen molar-refractivity contribution < 1.29 is 12.8 Å². The van der Waals surface area contributed by atoms with E-state index in [2.05, 4.69) is 25.6 Å². The van der Waals surface area contributed by atoms with E-state index >= 15 is 0 Å². The van der Waals surface area contributed by atoms with E-state index in [1.165, 1.54) is 0 Å². The summed E-state index contributed by atoms with van der Waals surface area (Å²) in [7, 11) is -3.54. The number of thiophene rings is 1. The summed E-state index contributed by atoms with van der Waals surface area (Å²) in [6.45, 7) is 0.141. The standard InChI is InChI=1S/C14H11BrN2O3S2/c15-12-5-6-13(21-12)22(18,19)17-9-10-3-1-7-16-14(10)11-4-2-8-20-11/h1-8,17H,9H2. The summed E-state index contributed by atoms with van der Waals surface area (Å²) in [5.74, 6) is 0.605. The minimum absolute atomic E-state index is 0.141. The molecule has 0 aliphatic carbocycles. The smallest absolute Gasteiger partial charge is 0.250 e. The lowest BCUT2D eigenvalue weighted by molar-refractivity contribution is 0.576. The van der Waals surface area contributed by atoms with Crippen molar-refractivity contribution in [3.8, 4) is 11.5 Å². The predicted octanol–water partition coefficient (Wildman–Crippen LogP) is 3.64. The molecule has 0 fully saturated rings. The third kappa shape index (κ3) is 3.30. The normalized spacial score (nSPS) is 11.7. The molecule has 0 aliphatic heterocycles. The summed E-state index contributed by atoms with van der Waals surface area (Å²) < 4.78 is 33.5. The number of nitrogens with zero attached hydrogens (tertiary/aromatic N) is 1. The Morgan fingerprint density at radius 1 is 1.23 bits per heavy atom. The molecule has 8 heteroatoms. The third-order valence-corrected chi connectivity index (χ3v) is 6.43. The van der Waals surface area contributed by atoms with Crippen molar-refractivity contribution in [3.63, 3.8) is 0 Å². The molecule has 0 bridgehead atoms. The van der Waals surface area contributed by atoms with Crippen LogP contribution in [0.3, 0.4) is 0 Å². The Balaban J connectivity index is 1.83. The molecule has 5 nitrogen and oxygen atoms in total. The molecule has 0 amide bonds. The van der Waals surface area contributed by atoms with Gasteiger partial charge in [-0.2, -0.15) is 0 Å². The van der Waals surface area contributed by atoms with E-state index in [-0.39, 0.29) is 10.8 Å². The van der Waals surface area contributed by atoms with Gasteiger partial charge in [-0.25, -0.2) is 13.1 Å². The Kier molecular flexibility index (Phi) is 4.44. The van der Waals surface area contributed by atoms with E-state index < -0.39 is 10.0 Å². The van der Waals surface area contributed by atoms with Gasteiger partial charge in [0, 0.05) is 12.7 Å². The second-order valence-corrected chi connectivity index (χ2v) is 8.83. The highest BCUT2D eigenvalue weighted by molar-refractivity contribution is 9.11. The fraction of sp³-hybridized carbons (Fsp3) is 0.0714. The Morgan fingerprint density at radius 3 is 2.77 bits per heavy atom. The molecule has 114 valence electrons. The number of pyridine rings is 1. The zero-order chi connectivity index (χ0) is 15.6. The third-order valence-electron chi connectivity index (χ3n) is 2.91. The SMILES string of the molecule is O=S(=O)(NCc1cccnc1-c1ccco1)c1ccc(Br)s1. The Morgan fingerprint density at radius 2 is 2.09 bits per heavy atom. The highest BCUT2D eigenvalue weighted by Gasteiger charge is 2.17. The van der Waals surface area contributed by atoms with Crippen LogP contribution >= 0.6 is 27.3 Å². The van der Waals surface area contributed by atoms with Gasteiger partial charge in [-0.05, 0) is 51.8 Å². The van der Waals surface area contributed by atoms with Gasteiger partial charge >= 0.3 is 0 Å². The molecule has 0 spiro atoms. The minimum Gasteiger partial charge on any atom is -0.463 e. The molecule has 0 radical (unpaired) electrons. The van der Waals surface area contributed by atoms with Gasteiger partial charge in [-0.15, -0.1) is 11.3 Å². The lowest BCUT2D eigenvalue weighted by Gasteiger charge is -2.08. The van der Waals surface area contributed by atoms with E-state index in [1.807, 2.05) is 6.07 Å². The molecule has 1 N–H and O–H groups in total. The van der Waals surface area contributed by atoms with Gasteiger partial charge in [0.05, 0.1) is 10.0 Å². The number of aromatic nitrogens is 1. The van der Waals surface area contributed by atoms with Crippen LogP contribution in [0, 0.1) is 0 Å². The van der Waals surface area contributed by atoms with Crippen LogP contribution in [0.2, 0.25) is 0 Å². The van der Waals surface area contributed by atoms with Gasteiger partial charge in [0.2, 0.25) is 10.0 Å². The minimum atomic E-state index is -3.54. The van der Waals surface area contributed by atoms with Gasteiger partial charge in [-0.3, -0.25) is 4.98 Å². The molecule has 3 aromatic heterocycles. The van der Waals surface area contributed by atoms with Crippen molar-refractivity contribution in [1.82, 2.24) is 9.71 Å². The van der Waals surface area contributed by atoms with Crippen molar-refractivity contribution in [2.24, 2.45) is 0 Å². The molecule has 3 heterocycles. The van der Waals surface area contributed by atoms with Crippen LogP contribution in [0.4, 0.5) is 0 Å². The van der Waals surface area contributed by atoms with Crippen molar-refractivity contribution >= 4 is 37.3 Å². The van der Waals surface area contributed by atoms with Crippen molar-refractivity contribution in [1.29, 1.82) is 0 Å². The highest BCUT2D eigenvalue weighted by Crippen LogP contribution is 2.26. The number of nitrogens with one attached hydrogen (secondary N) is 1. The van der Waals surface area contributed by atoms with E-state index in [4.69, 9.17) is 4.42 Å². The monoisotopic (exact) mass is 398 g/mol. The van der Waals surface area contributed by atoms with Crippen LogP contribution in [0.1, 0.15) is 5.56 Å². The topological polar surface area (TPSA) is 72.2 Å². The maximum Gasteiger partial charge on any atom is 0.250 e. The van der Waals surface area contributed by atoms with Crippen LogP contribution < -0.4 is 4.72 Å². The number of hydrogen-bond donors (Lipinski definition) is 1. The quantitative estimate of drug-likeness (QED) is 0.711. The first-order chi connectivity index (χ1) is 10.6. The summed E-state index contributed by atoms with van der Waals surface area (Å²) in [5, 5.41) is 0. The Labute approximate surface area is 140 Å². The van der Waals surface area contributed by atoms with Crippen LogP contribution in [-0.4, -0.2) is 13.4 Å². The first kappa shape index (κ1) is 15.4. The molecule has 0 aromatic carbocycles. The molecular weight excluding hydrogens is 388 g/mol. The molecule has 0 saturated heterocycles. The number of furan rings is 1. The van der Waals surface area contributed by atoms with Crippen LogP contribution in [0.25, 0.3) is 11.5 Å². The van der Waals surface area contributed by atoms with Gasteiger partial charge in [-0.1, -0.05) is 6.07 Å².